The number of hydrogen-bond donors (Lipinski definition) is 2. The highest BCUT2D eigenvalue weighted by Gasteiger charge is 2.22. The Bertz CT molecular complexity index is 409. The lowest BCUT2D eigenvalue weighted by molar-refractivity contribution is -0.126. The number of aromatic nitrogens is 1. The second-order valence-corrected chi connectivity index (χ2v) is 4.54. The van der Waals surface area contributed by atoms with Gasteiger partial charge in [0.05, 0.1) is 18.9 Å². The Hall–Kier alpha value is -1.11. The third-order valence-corrected chi connectivity index (χ3v) is 3.28. The molecule has 0 aliphatic carbocycles. The molecular formula is C13H22ClN3O3. The molecule has 0 saturated carbocycles. The molecule has 20 heavy (non-hydrogen) atoms. The monoisotopic (exact) mass is 303 g/mol. The summed E-state index contributed by atoms with van der Waals surface area (Å²) in [7, 11) is 0. The maximum atomic E-state index is 12.0. The van der Waals surface area contributed by atoms with E-state index in [1.54, 1.807) is 0 Å². The first-order valence-corrected chi connectivity index (χ1v) is 6.81. The average molecular weight is 304 g/mol. The van der Waals surface area contributed by atoms with Gasteiger partial charge in [-0.05, 0) is 6.42 Å². The van der Waals surface area contributed by atoms with Crippen molar-refractivity contribution in [2.75, 3.05) is 19.8 Å². The third kappa shape index (κ3) is 3.94. The second kappa shape index (κ2) is 8.24. The first kappa shape index (κ1) is 16.9. The summed E-state index contributed by atoms with van der Waals surface area (Å²) in [4.78, 5) is 12.0. The van der Waals surface area contributed by atoms with Crippen molar-refractivity contribution in [3.05, 3.63) is 17.0 Å². The minimum Gasteiger partial charge on any atom is -0.378 e. The molecule has 1 saturated heterocycles. The van der Waals surface area contributed by atoms with Gasteiger partial charge >= 0.3 is 0 Å². The molecule has 114 valence electrons. The summed E-state index contributed by atoms with van der Waals surface area (Å²) in [6, 6.07) is -0.260. The minimum atomic E-state index is -0.260. The predicted molar refractivity (Wildman–Crippen MR) is 77.0 cm³/mol. The molecule has 0 bridgehead atoms. The highest BCUT2D eigenvalue weighted by Crippen LogP contribution is 2.15. The third-order valence-electron chi connectivity index (χ3n) is 3.28. The van der Waals surface area contributed by atoms with E-state index in [2.05, 4.69) is 15.8 Å². The predicted octanol–water partition coefficient (Wildman–Crippen LogP) is 0.826. The van der Waals surface area contributed by atoms with Crippen molar-refractivity contribution in [3.8, 4) is 0 Å². The van der Waals surface area contributed by atoms with E-state index >= 15 is 0 Å². The van der Waals surface area contributed by atoms with Crippen LogP contribution in [0.1, 0.15) is 30.9 Å². The van der Waals surface area contributed by atoms with Crippen molar-refractivity contribution in [1.82, 2.24) is 15.8 Å². The number of carbonyl (C=O) groups excluding carboxylic acids is 1. The number of nitrogens with zero attached hydrogens (tertiary/aromatic N) is 1. The van der Waals surface area contributed by atoms with E-state index in [0.29, 0.717) is 26.3 Å². The molecule has 6 nitrogen and oxygen atoms in total. The van der Waals surface area contributed by atoms with Crippen LogP contribution in [0.3, 0.4) is 0 Å². The Morgan fingerprint density at radius 2 is 2.25 bits per heavy atom. The Morgan fingerprint density at radius 1 is 1.45 bits per heavy atom. The molecule has 7 heteroatoms. The van der Waals surface area contributed by atoms with Crippen molar-refractivity contribution in [2.45, 2.75) is 39.3 Å². The van der Waals surface area contributed by atoms with Gasteiger partial charge in [-0.3, -0.25) is 4.79 Å². The fourth-order valence-corrected chi connectivity index (χ4v) is 2.17. The van der Waals surface area contributed by atoms with Gasteiger partial charge in [0.2, 0.25) is 5.91 Å². The maximum Gasteiger partial charge on any atom is 0.239 e. The van der Waals surface area contributed by atoms with E-state index in [1.165, 1.54) is 0 Å². The fraction of sp³-hybridized carbons (Fsp3) is 0.692. The summed E-state index contributed by atoms with van der Waals surface area (Å²) in [5, 5.41) is 10.1. The van der Waals surface area contributed by atoms with Gasteiger partial charge < -0.3 is 19.9 Å². The van der Waals surface area contributed by atoms with Gasteiger partial charge in [0.15, 0.2) is 0 Å². The number of amides is 1. The van der Waals surface area contributed by atoms with Crippen LogP contribution in [0.25, 0.3) is 0 Å². The van der Waals surface area contributed by atoms with Crippen LogP contribution in [0.4, 0.5) is 0 Å². The van der Waals surface area contributed by atoms with Crippen LogP contribution in [0.15, 0.2) is 4.52 Å². The molecule has 1 atom stereocenters. The first-order valence-electron chi connectivity index (χ1n) is 6.81. The van der Waals surface area contributed by atoms with Gasteiger partial charge in [-0.25, -0.2) is 0 Å². The summed E-state index contributed by atoms with van der Waals surface area (Å²) in [5.74, 6) is 0.815. The average Bonchev–Trinajstić information content (AvgIpc) is 2.87. The zero-order valence-electron chi connectivity index (χ0n) is 11.9. The molecule has 1 aromatic rings. The number of halogens is 1. The van der Waals surface area contributed by atoms with Gasteiger partial charge in [-0.1, -0.05) is 19.0 Å². The molecule has 1 aliphatic heterocycles. The number of carbonyl (C=O) groups is 1. The molecule has 0 aromatic carbocycles. The summed E-state index contributed by atoms with van der Waals surface area (Å²) in [6.07, 6.45) is 1.59. The van der Waals surface area contributed by atoms with E-state index in [0.717, 1.165) is 29.9 Å². The van der Waals surface area contributed by atoms with E-state index in [-0.39, 0.29) is 24.4 Å². The van der Waals surface area contributed by atoms with Crippen LogP contribution in [0.2, 0.25) is 0 Å². The van der Waals surface area contributed by atoms with Crippen molar-refractivity contribution in [1.29, 1.82) is 0 Å². The molecule has 2 rings (SSSR count). The summed E-state index contributed by atoms with van der Waals surface area (Å²) in [6.45, 7) is 6.31. The Labute approximate surface area is 125 Å². The highest BCUT2D eigenvalue weighted by atomic mass is 35.5. The van der Waals surface area contributed by atoms with Gasteiger partial charge in [0, 0.05) is 25.1 Å². The number of ether oxygens (including phenoxy) is 1. The van der Waals surface area contributed by atoms with Crippen molar-refractivity contribution < 1.29 is 14.1 Å². The largest absolute Gasteiger partial charge is 0.378 e. The molecule has 1 fully saturated rings. The van der Waals surface area contributed by atoms with Crippen LogP contribution in [-0.2, 0) is 28.9 Å². The van der Waals surface area contributed by atoms with Crippen LogP contribution < -0.4 is 10.6 Å². The lowest BCUT2D eigenvalue weighted by Gasteiger charge is -2.22. The van der Waals surface area contributed by atoms with Crippen molar-refractivity contribution in [3.63, 3.8) is 0 Å². The quantitative estimate of drug-likeness (QED) is 0.842. The molecule has 2 heterocycles. The Morgan fingerprint density at radius 3 is 2.85 bits per heavy atom. The van der Waals surface area contributed by atoms with Crippen LogP contribution >= 0.6 is 12.4 Å². The zero-order valence-corrected chi connectivity index (χ0v) is 12.7. The molecule has 1 amide bonds. The SMILES string of the molecule is CCc1noc(CC)c1CNC(=O)C1COCCN1.Cl. The molecule has 1 unspecified atom stereocenters. The maximum absolute atomic E-state index is 12.0. The molecule has 1 aromatic heterocycles. The van der Waals surface area contributed by atoms with Crippen LogP contribution in [0.5, 0.6) is 0 Å². The van der Waals surface area contributed by atoms with Gasteiger partial charge in [0.1, 0.15) is 11.8 Å². The van der Waals surface area contributed by atoms with E-state index in [1.807, 2.05) is 13.8 Å². The Kier molecular flexibility index (Phi) is 6.98. The van der Waals surface area contributed by atoms with Crippen LogP contribution in [-0.4, -0.2) is 36.9 Å². The molecular weight excluding hydrogens is 282 g/mol. The smallest absolute Gasteiger partial charge is 0.239 e. The molecule has 1 aliphatic rings. The second-order valence-electron chi connectivity index (χ2n) is 4.54. The minimum absolute atomic E-state index is 0. The van der Waals surface area contributed by atoms with E-state index in [9.17, 15) is 4.79 Å². The normalized spacial score (nSPS) is 18.4. The topological polar surface area (TPSA) is 76.4 Å². The lowest BCUT2D eigenvalue weighted by atomic mass is 10.1. The van der Waals surface area contributed by atoms with Gasteiger partial charge in [-0.2, -0.15) is 0 Å². The summed E-state index contributed by atoms with van der Waals surface area (Å²) in [5.41, 5.74) is 1.93. The number of rotatable bonds is 5. The number of aryl methyl sites for hydroxylation is 2. The number of morpholine rings is 1. The number of hydrogen-bond acceptors (Lipinski definition) is 5. The van der Waals surface area contributed by atoms with E-state index < -0.39 is 0 Å². The number of nitrogens with one attached hydrogen (secondary N) is 2. The van der Waals surface area contributed by atoms with Gasteiger partial charge in [0.25, 0.3) is 0 Å². The fourth-order valence-electron chi connectivity index (χ4n) is 2.17. The first-order chi connectivity index (χ1) is 9.26. The summed E-state index contributed by atoms with van der Waals surface area (Å²) >= 11 is 0. The van der Waals surface area contributed by atoms with Crippen molar-refractivity contribution in [2.24, 2.45) is 0 Å². The zero-order chi connectivity index (χ0) is 13.7. The summed E-state index contributed by atoms with van der Waals surface area (Å²) < 4.78 is 10.5. The van der Waals surface area contributed by atoms with Crippen molar-refractivity contribution >= 4 is 18.3 Å². The molecule has 2 N–H and O–H groups in total. The van der Waals surface area contributed by atoms with Gasteiger partial charge in [-0.15, -0.1) is 12.4 Å². The standard InChI is InChI=1S/C13H21N3O3.ClH/c1-3-10-9(12(4-2)19-16-10)7-15-13(17)11-8-18-6-5-14-11;/h11,14H,3-8H2,1-2H3,(H,15,17);1H. The Balaban J connectivity index is 0.00000200. The highest BCUT2D eigenvalue weighted by molar-refractivity contribution is 5.85. The molecule has 0 spiro atoms. The molecule has 0 radical (unpaired) electrons. The van der Waals surface area contributed by atoms with Crippen LogP contribution in [0, 0.1) is 0 Å². The lowest BCUT2D eigenvalue weighted by Crippen LogP contribution is -2.51. The van der Waals surface area contributed by atoms with E-state index in [4.69, 9.17) is 9.26 Å².